The number of hydrogen-bond donors (Lipinski definition) is 2. The number of rotatable bonds is 4. The molecule has 3 aromatic heterocycles. The third kappa shape index (κ3) is 2.91. The third-order valence-corrected chi connectivity index (χ3v) is 5.84. The van der Waals surface area contributed by atoms with E-state index >= 15 is 0 Å². The van der Waals surface area contributed by atoms with Crippen LogP contribution in [0.5, 0.6) is 5.75 Å². The predicted molar refractivity (Wildman–Crippen MR) is 104 cm³/mol. The van der Waals surface area contributed by atoms with Crippen LogP contribution in [0, 0.1) is 5.92 Å². The first-order valence-electron chi connectivity index (χ1n) is 8.78. The summed E-state index contributed by atoms with van der Waals surface area (Å²) in [6.45, 7) is 2.67. The average molecular weight is 379 g/mol. The van der Waals surface area contributed by atoms with Gasteiger partial charge in [0.1, 0.15) is 11.9 Å². The molecule has 1 fully saturated rings. The van der Waals surface area contributed by atoms with Gasteiger partial charge in [-0.25, -0.2) is 9.97 Å². The highest BCUT2D eigenvalue weighted by Crippen LogP contribution is 2.36. The molecule has 1 unspecified atom stereocenters. The smallest absolute Gasteiger partial charge is 0.220 e. The Hall–Kier alpha value is -3.00. The largest absolute Gasteiger partial charge is 0.489 e. The second kappa shape index (κ2) is 6.31. The molecule has 2 N–H and O–H groups in total. The number of amides is 1. The summed E-state index contributed by atoms with van der Waals surface area (Å²) < 4.78 is 7.29. The molecule has 0 aliphatic carbocycles. The van der Waals surface area contributed by atoms with Gasteiger partial charge in [0, 0.05) is 29.8 Å². The van der Waals surface area contributed by atoms with Gasteiger partial charge in [-0.15, -0.1) is 11.3 Å². The van der Waals surface area contributed by atoms with E-state index in [1.54, 1.807) is 17.5 Å². The van der Waals surface area contributed by atoms with Crippen LogP contribution in [0.3, 0.4) is 0 Å². The van der Waals surface area contributed by atoms with Gasteiger partial charge in [0.05, 0.1) is 27.6 Å². The first-order valence-corrected chi connectivity index (χ1v) is 9.66. The number of H-pyrrole nitrogens is 1. The Balaban J connectivity index is 1.53. The fourth-order valence-electron chi connectivity index (χ4n) is 3.42. The van der Waals surface area contributed by atoms with Crippen molar-refractivity contribution in [2.24, 2.45) is 5.92 Å². The molecule has 4 heterocycles. The number of fused-ring (bicyclic) bond motifs is 2. The van der Waals surface area contributed by atoms with Crippen LogP contribution in [0.4, 0.5) is 0 Å². The molecule has 4 aromatic rings. The van der Waals surface area contributed by atoms with Crippen molar-refractivity contribution in [1.82, 2.24) is 25.5 Å². The molecule has 27 heavy (non-hydrogen) atoms. The second-order valence-corrected chi connectivity index (χ2v) is 7.63. The quantitative estimate of drug-likeness (QED) is 0.568. The van der Waals surface area contributed by atoms with Crippen molar-refractivity contribution in [1.29, 1.82) is 0 Å². The number of pyridine rings is 1. The molecule has 2 atom stereocenters. The lowest BCUT2D eigenvalue weighted by Crippen LogP contribution is -2.25. The zero-order valence-corrected chi connectivity index (χ0v) is 15.4. The number of aromatic amines is 1. The van der Waals surface area contributed by atoms with Gasteiger partial charge in [-0.3, -0.25) is 9.89 Å². The van der Waals surface area contributed by atoms with Crippen LogP contribution < -0.4 is 10.1 Å². The fraction of sp³-hybridized carbons (Fsp3) is 0.263. The van der Waals surface area contributed by atoms with E-state index in [1.165, 1.54) is 0 Å². The van der Waals surface area contributed by atoms with E-state index in [2.05, 4.69) is 25.5 Å². The maximum atomic E-state index is 11.5. The molecular formula is C19H17N5O2S. The summed E-state index contributed by atoms with van der Waals surface area (Å²) in [4.78, 5) is 20.6. The standard InChI is InChI=1S/C19H17N5O2S/c1-10(13-6-17(25)20-7-13)26-16-5-12(4-15-18(16)27-9-21-15)14-3-2-11-8-22-24-19(11)23-14/h2-5,8-10,13H,6-7H2,1H3,(H,20,25)(H,22,23,24)/t10-,13?/m1/s1. The van der Waals surface area contributed by atoms with Crippen molar-refractivity contribution in [3.8, 4) is 17.0 Å². The molecule has 0 radical (unpaired) electrons. The molecule has 7 nitrogen and oxygen atoms in total. The van der Waals surface area contributed by atoms with Crippen molar-refractivity contribution in [2.45, 2.75) is 19.4 Å². The van der Waals surface area contributed by atoms with Crippen LogP contribution in [0.25, 0.3) is 32.5 Å². The van der Waals surface area contributed by atoms with Gasteiger partial charge < -0.3 is 10.1 Å². The summed E-state index contributed by atoms with van der Waals surface area (Å²) in [5, 5.41) is 10.8. The van der Waals surface area contributed by atoms with Gasteiger partial charge in [-0.1, -0.05) is 0 Å². The number of benzene rings is 1. The van der Waals surface area contributed by atoms with E-state index in [0.717, 1.165) is 38.3 Å². The first-order chi connectivity index (χ1) is 13.2. The van der Waals surface area contributed by atoms with Crippen LogP contribution in [-0.2, 0) is 4.79 Å². The molecular weight excluding hydrogens is 362 g/mol. The van der Waals surface area contributed by atoms with Gasteiger partial charge in [-0.05, 0) is 31.2 Å². The van der Waals surface area contributed by atoms with Crippen molar-refractivity contribution in [3.05, 3.63) is 36.0 Å². The lowest BCUT2D eigenvalue weighted by Gasteiger charge is -2.20. The van der Waals surface area contributed by atoms with E-state index < -0.39 is 0 Å². The average Bonchev–Trinajstić information content (AvgIpc) is 3.40. The monoisotopic (exact) mass is 379 g/mol. The molecule has 0 bridgehead atoms. The van der Waals surface area contributed by atoms with E-state index in [4.69, 9.17) is 4.74 Å². The minimum Gasteiger partial charge on any atom is -0.489 e. The van der Waals surface area contributed by atoms with E-state index in [9.17, 15) is 4.79 Å². The van der Waals surface area contributed by atoms with E-state index in [-0.39, 0.29) is 17.9 Å². The van der Waals surface area contributed by atoms with Gasteiger partial charge in [0.15, 0.2) is 5.65 Å². The number of aromatic nitrogens is 4. The summed E-state index contributed by atoms with van der Waals surface area (Å²) in [7, 11) is 0. The van der Waals surface area contributed by atoms with Gasteiger partial charge in [0.25, 0.3) is 0 Å². The molecule has 1 aliphatic rings. The summed E-state index contributed by atoms with van der Waals surface area (Å²) in [5.74, 6) is 1.04. The Kier molecular flexibility index (Phi) is 3.78. The summed E-state index contributed by atoms with van der Waals surface area (Å²) >= 11 is 1.55. The van der Waals surface area contributed by atoms with Gasteiger partial charge in [0.2, 0.25) is 5.91 Å². The minimum absolute atomic E-state index is 0.0763. The van der Waals surface area contributed by atoms with Crippen molar-refractivity contribution in [2.75, 3.05) is 6.54 Å². The zero-order chi connectivity index (χ0) is 18.4. The van der Waals surface area contributed by atoms with Crippen LogP contribution in [0.15, 0.2) is 36.0 Å². The Labute approximate surface area is 158 Å². The zero-order valence-electron chi connectivity index (χ0n) is 14.6. The highest BCUT2D eigenvalue weighted by molar-refractivity contribution is 7.17. The van der Waals surface area contributed by atoms with Crippen LogP contribution >= 0.6 is 11.3 Å². The highest BCUT2D eigenvalue weighted by Gasteiger charge is 2.28. The maximum absolute atomic E-state index is 11.5. The minimum atomic E-state index is -0.0763. The number of nitrogens with one attached hydrogen (secondary N) is 2. The fourth-order valence-corrected chi connectivity index (χ4v) is 4.14. The number of thiazole rings is 1. The Morgan fingerprint density at radius 2 is 2.26 bits per heavy atom. The number of carbonyl (C=O) groups is 1. The summed E-state index contributed by atoms with van der Waals surface area (Å²) in [6.07, 6.45) is 2.18. The molecule has 0 saturated carbocycles. The Morgan fingerprint density at radius 3 is 3.11 bits per heavy atom. The topological polar surface area (TPSA) is 92.8 Å². The summed E-state index contributed by atoms with van der Waals surface area (Å²) in [6, 6.07) is 7.99. The van der Waals surface area contributed by atoms with Crippen LogP contribution in [0.2, 0.25) is 0 Å². The first kappa shape index (κ1) is 16.2. The van der Waals surface area contributed by atoms with Crippen molar-refractivity contribution in [3.63, 3.8) is 0 Å². The molecule has 1 amide bonds. The molecule has 1 saturated heterocycles. The normalized spacial score (nSPS) is 18.1. The molecule has 0 spiro atoms. The van der Waals surface area contributed by atoms with Gasteiger partial charge in [-0.2, -0.15) is 5.10 Å². The number of nitrogens with zero attached hydrogens (tertiary/aromatic N) is 3. The lowest BCUT2D eigenvalue weighted by atomic mass is 10.0. The number of carbonyl (C=O) groups excluding carboxylic acids is 1. The van der Waals surface area contributed by atoms with Crippen molar-refractivity contribution < 1.29 is 9.53 Å². The number of hydrogen-bond acceptors (Lipinski definition) is 6. The van der Waals surface area contributed by atoms with E-state index in [0.29, 0.717) is 13.0 Å². The SMILES string of the molecule is C[C@@H](Oc1cc(-c2ccc3cn[nH]c3n2)cc2ncsc12)C1CNC(=O)C1. The molecule has 8 heteroatoms. The molecule has 1 aromatic carbocycles. The Bertz CT molecular complexity index is 1150. The molecule has 5 rings (SSSR count). The van der Waals surface area contributed by atoms with Crippen LogP contribution in [0.1, 0.15) is 13.3 Å². The highest BCUT2D eigenvalue weighted by atomic mass is 32.1. The summed E-state index contributed by atoms with van der Waals surface area (Å²) in [5.41, 5.74) is 5.21. The molecule has 136 valence electrons. The van der Waals surface area contributed by atoms with Crippen LogP contribution in [-0.4, -0.2) is 38.7 Å². The number of ether oxygens (including phenoxy) is 1. The van der Waals surface area contributed by atoms with Crippen molar-refractivity contribution >= 4 is 38.5 Å². The lowest BCUT2D eigenvalue weighted by molar-refractivity contribution is -0.119. The molecule has 1 aliphatic heterocycles. The van der Waals surface area contributed by atoms with E-state index in [1.807, 2.05) is 36.7 Å². The second-order valence-electron chi connectivity index (χ2n) is 6.77. The third-order valence-electron chi connectivity index (χ3n) is 4.98. The predicted octanol–water partition coefficient (Wildman–Crippen LogP) is 3.14. The van der Waals surface area contributed by atoms with Gasteiger partial charge >= 0.3 is 0 Å². The maximum Gasteiger partial charge on any atom is 0.220 e. The Morgan fingerprint density at radius 1 is 1.33 bits per heavy atom.